The van der Waals surface area contributed by atoms with Crippen LogP contribution in [-0.4, -0.2) is 29.6 Å². The number of hydrogen-bond acceptors (Lipinski definition) is 4. The maximum Gasteiger partial charge on any atom is 0.266 e. The molecule has 1 fully saturated rings. The number of benzene rings is 2. The standard InChI is InChI=1S/C19H16F2N2O2S/c1-3-23-18(24)17(10-12-6-4-5-7-16(12)25-2)26-19(23)22-15-9-8-13(20)11-14(15)21/h4-11H,3H2,1-2H3/b17-10+,22-19?. The molecule has 0 spiro atoms. The number of amidine groups is 1. The molecular formula is C19H16F2N2O2S. The second kappa shape index (κ2) is 7.70. The van der Waals surface area contributed by atoms with E-state index in [4.69, 9.17) is 4.74 Å². The highest BCUT2D eigenvalue weighted by Gasteiger charge is 2.32. The van der Waals surface area contributed by atoms with E-state index in [9.17, 15) is 13.6 Å². The summed E-state index contributed by atoms with van der Waals surface area (Å²) < 4.78 is 32.2. The number of aliphatic imine (C=N–C) groups is 1. The number of carbonyl (C=O) groups is 1. The topological polar surface area (TPSA) is 41.9 Å². The first-order valence-electron chi connectivity index (χ1n) is 7.91. The Kier molecular flexibility index (Phi) is 5.37. The van der Waals surface area contributed by atoms with Crippen LogP contribution in [0.15, 0.2) is 52.4 Å². The van der Waals surface area contributed by atoms with Crippen molar-refractivity contribution in [3.05, 3.63) is 64.6 Å². The maximum atomic E-state index is 13.9. The first kappa shape index (κ1) is 18.1. The Labute approximate surface area is 154 Å². The Morgan fingerprint density at radius 3 is 2.69 bits per heavy atom. The third-order valence-electron chi connectivity index (χ3n) is 3.76. The van der Waals surface area contributed by atoms with E-state index >= 15 is 0 Å². The summed E-state index contributed by atoms with van der Waals surface area (Å²) in [4.78, 5) is 18.8. The lowest BCUT2D eigenvalue weighted by Gasteiger charge is -2.12. The molecule has 134 valence electrons. The van der Waals surface area contributed by atoms with Gasteiger partial charge in [-0.05, 0) is 43.0 Å². The van der Waals surface area contributed by atoms with E-state index in [0.717, 1.165) is 29.5 Å². The second-order valence-corrected chi connectivity index (χ2v) is 6.40. The summed E-state index contributed by atoms with van der Waals surface area (Å²) in [5.41, 5.74) is 0.745. The van der Waals surface area contributed by atoms with Crippen LogP contribution in [0.25, 0.3) is 6.08 Å². The third-order valence-corrected chi connectivity index (χ3v) is 4.76. The van der Waals surface area contributed by atoms with Gasteiger partial charge in [0, 0.05) is 18.2 Å². The van der Waals surface area contributed by atoms with E-state index < -0.39 is 11.6 Å². The molecule has 3 rings (SSSR count). The molecule has 0 radical (unpaired) electrons. The number of likely N-dealkylation sites (N-methyl/N-ethyl adjacent to an activating group) is 1. The molecule has 2 aromatic carbocycles. The predicted octanol–water partition coefficient (Wildman–Crippen LogP) is 4.60. The Bertz CT molecular complexity index is 912. The lowest BCUT2D eigenvalue weighted by atomic mass is 10.2. The Morgan fingerprint density at radius 2 is 2.00 bits per heavy atom. The van der Waals surface area contributed by atoms with Gasteiger partial charge in [-0.2, -0.15) is 0 Å². The molecule has 0 aliphatic carbocycles. The molecule has 1 saturated heterocycles. The number of ether oxygens (including phenoxy) is 1. The number of nitrogens with zero attached hydrogens (tertiary/aromatic N) is 2. The highest BCUT2D eigenvalue weighted by molar-refractivity contribution is 8.18. The summed E-state index contributed by atoms with van der Waals surface area (Å²) in [6, 6.07) is 10.5. The number of methoxy groups -OCH3 is 1. The van der Waals surface area contributed by atoms with Crippen molar-refractivity contribution < 1.29 is 18.3 Å². The molecule has 26 heavy (non-hydrogen) atoms. The van der Waals surface area contributed by atoms with E-state index in [0.29, 0.717) is 22.4 Å². The molecular weight excluding hydrogens is 358 g/mol. The first-order valence-corrected chi connectivity index (χ1v) is 8.73. The van der Waals surface area contributed by atoms with Crippen LogP contribution >= 0.6 is 11.8 Å². The van der Waals surface area contributed by atoms with Gasteiger partial charge in [0.2, 0.25) is 0 Å². The first-order chi connectivity index (χ1) is 12.5. The summed E-state index contributed by atoms with van der Waals surface area (Å²) in [5.74, 6) is -1.02. The average Bonchev–Trinajstić information content (AvgIpc) is 2.92. The van der Waals surface area contributed by atoms with Crippen molar-refractivity contribution in [2.24, 2.45) is 4.99 Å². The molecule has 2 aromatic rings. The summed E-state index contributed by atoms with van der Waals surface area (Å²) >= 11 is 1.14. The number of para-hydroxylation sites is 1. The van der Waals surface area contributed by atoms with Crippen molar-refractivity contribution in [1.82, 2.24) is 4.90 Å². The highest BCUT2D eigenvalue weighted by atomic mass is 32.2. The van der Waals surface area contributed by atoms with Crippen LogP contribution in [-0.2, 0) is 4.79 Å². The zero-order valence-corrected chi connectivity index (χ0v) is 15.0. The normalized spacial score (nSPS) is 17.4. The molecule has 4 nitrogen and oxygen atoms in total. The molecule has 0 bridgehead atoms. The van der Waals surface area contributed by atoms with Gasteiger partial charge < -0.3 is 4.74 Å². The van der Waals surface area contributed by atoms with Crippen molar-refractivity contribution >= 4 is 34.6 Å². The molecule has 7 heteroatoms. The van der Waals surface area contributed by atoms with Gasteiger partial charge in [0.25, 0.3) is 5.91 Å². The maximum absolute atomic E-state index is 13.9. The average molecular weight is 374 g/mol. The minimum atomic E-state index is -0.774. The largest absolute Gasteiger partial charge is 0.496 e. The van der Waals surface area contributed by atoms with E-state index in [1.807, 2.05) is 18.2 Å². The van der Waals surface area contributed by atoms with Gasteiger partial charge in [-0.1, -0.05) is 18.2 Å². The Hall–Kier alpha value is -2.67. The quantitative estimate of drug-likeness (QED) is 0.735. The molecule has 1 aliphatic heterocycles. The van der Waals surface area contributed by atoms with E-state index in [2.05, 4.69) is 4.99 Å². The fourth-order valence-electron chi connectivity index (χ4n) is 2.47. The molecule has 0 aromatic heterocycles. The molecule has 0 atom stereocenters. The van der Waals surface area contributed by atoms with Crippen molar-refractivity contribution in [2.45, 2.75) is 6.92 Å². The van der Waals surface area contributed by atoms with Crippen LogP contribution in [0, 0.1) is 11.6 Å². The number of thioether (sulfide) groups is 1. The smallest absolute Gasteiger partial charge is 0.266 e. The number of hydrogen-bond donors (Lipinski definition) is 0. The van der Waals surface area contributed by atoms with Crippen molar-refractivity contribution in [1.29, 1.82) is 0 Å². The van der Waals surface area contributed by atoms with Gasteiger partial charge in [0.1, 0.15) is 17.3 Å². The summed E-state index contributed by atoms with van der Waals surface area (Å²) in [5, 5.41) is 0.351. The Balaban J connectivity index is 1.98. The van der Waals surface area contributed by atoms with Gasteiger partial charge in [0.05, 0.1) is 12.0 Å². The lowest BCUT2D eigenvalue weighted by Crippen LogP contribution is -2.28. The third kappa shape index (κ3) is 3.62. The van der Waals surface area contributed by atoms with E-state index in [-0.39, 0.29) is 11.6 Å². The fraction of sp³-hybridized carbons (Fsp3) is 0.158. The van der Waals surface area contributed by atoms with Crippen LogP contribution in [0.3, 0.4) is 0 Å². The molecule has 1 amide bonds. The van der Waals surface area contributed by atoms with Crippen molar-refractivity contribution in [3.63, 3.8) is 0 Å². The number of carbonyl (C=O) groups excluding carboxylic acids is 1. The summed E-state index contributed by atoms with van der Waals surface area (Å²) in [6.07, 6.45) is 1.72. The van der Waals surface area contributed by atoms with Crippen LogP contribution in [0.4, 0.5) is 14.5 Å². The zero-order chi connectivity index (χ0) is 18.7. The van der Waals surface area contributed by atoms with Gasteiger partial charge in [-0.3, -0.25) is 9.69 Å². The highest BCUT2D eigenvalue weighted by Crippen LogP contribution is 2.35. The van der Waals surface area contributed by atoms with Gasteiger partial charge >= 0.3 is 0 Å². The molecule has 0 N–H and O–H groups in total. The summed E-state index contributed by atoms with van der Waals surface area (Å²) in [6.45, 7) is 2.19. The van der Waals surface area contributed by atoms with Crippen molar-refractivity contribution in [2.75, 3.05) is 13.7 Å². The van der Waals surface area contributed by atoms with Gasteiger partial charge in [-0.15, -0.1) is 0 Å². The minimum absolute atomic E-state index is 0.0151. The van der Waals surface area contributed by atoms with E-state index in [1.54, 1.807) is 26.2 Å². The zero-order valence-electron chi connectivity index (χ0n) is 14.2. The second-order valence-electron chi connectivity index (χ2n) is 5.39. The fourth-order valence-corrected chi connectivity index (χ4v) is 3.52. The summed E-state index contributed by atoms with van der Waals surface area (Å²) in [7, 11) is 1.56. The van der Waals surface area contributed by atoms with Gasteiger partial charge in [-0.25, -0.2) is 13.8 Å². The molecule has 1 aliphatic rings. The molecule has 0 saturated carbocycles. The predicted molar refractivity (Wildman–Crippen MR) is 99.4 cm³/mol. The number of halogens is 2. The number of amides is 1. The molecule has 0 unspecified atom stereocenters. The van der Waals surface area contributed by atoms with Crippen LogP contribution < -0.4 is 4.74 Å². The number of rotatable bonds is 4. The lowest BCUT2D eigenvalue weighted by molar-refractivity contribution is -0.122. The van der Waals surface area contributed by atoms with E-state index in [1.165, 1.54) is 11.0 Å². The van der Waals surface area contributed by atoms with Crippen molar-refractivity contribution in [3.8, 4) is 5.75 Å². The van der Waals surface area contributed by atoms with Crippen LogP contribution in [0.5, 0.6) is 5.75 Å². The van der Waals surface area contributed by atoms with Crippen LogP contribution in [0.2, 0.25) is 0 Å². The van der Waals surface area contributed by atoms with Crippen LogP contribution in [0.1, 0.15) is 12.5 Å². The van der Waals surface area contributed by atoms with Gasteiger partial charge in [0.15, 0.2) is 11.0 Å². The monoisotopic (exact) mass is 374 g/mol. The minimum Gasteiger partial charge on any atom is -0.496 e. The SMILES string of the molecule is CCN1C(=O)/C(=C\c2ccccc2OC)SC1=Nc1ccc(F)cc1F. The Morgan fingerprint density at radius 1 is 1.23 bits per heavy atom. The molecule has 1 heterocycles.